The molecule has 0 aromatic heterocycles. The second-order valence-electron chi connectivity index (χ2n) is 3.30. The van der Waals surface area contributed by atoms with Gasteiger partial charge in [-0.15, -0.1) is 0 Å². The van der Waals surface area contributed by atoms with Crippen molar-refractivity contribution in [3.05, 3.63) is 42.0 Å². The number of ether oxygens (including phenoxy) is 1. The lowest BCUT2D eigenvalue weighted by atomic mass is 10.1. The molecule has 1 heterocycles. The Morgan fingerprint density at radius 3 is 2.93 bits per heavy atom. The van der Waals surface area contributed by atoms with Crippen LogP contribution in [0.2, 0.25) is 0 Å². The first-order chi connectivity index (χ1) is 6.86. The molecular weight excluding hydrogens is 176 g/mol. The predicted molar refractivity (Wildman–Crippen MR) is 54.2 cm³/mol. The van der Waals surface area contributed by atoms with Crippen LogP contribution in [-0.4, -0.2) is 5.97 Å². The fourth-order valence-electron chi connectivity index (χ4n) is 1.48. The summed E-state index contributed by atoms with van der Waals surface area (Å²) >= 11 is 0. The quantitative estimate of drug-likeness (QED) is 0.355. The maximum absolute atomic E-state index is 11.3. The Morgan fingerprint density at radius 1 is 1.14 bits per heavy atom. The van der Waals surface area contributed by atoms with E-state index in [0.29, 0.717) is 12.2 Å². The summed E-state index contributed by atoms with van der Waals surface area (Å²) in [6.45, 7) is 0. The number of hydrogen-bond donors (Lipinski definition) is 0. The van der Waals surface area contributed by atoms with Gasteiger partial charge in [-0.3, -0.25) is 4.79 Å². The maximum atomic E-state index is 11.3. The van der Waals surface area contributed by atoms with Crippen molar-refractivity contribution in [1.82, 2.24) is 0 Å². The molecule has 0 atom stereocenters. The lowest BCUT2D eigenvalue weighted by Gasteiger charge is -2.06. The molecule has 0 unspecified atom stereocenters. The van der Waals surface area contributed by atoms with Crippen LogP contribution < -0.4 is 4.74 Å². The molecule has 0 amide bonds. The Bertz CT molecular complexity index is 366. The highest BCUT2D eigenvalue weighted by Gasteiger charge is 2.08. The van der Waals surface area contributed by atoms with Crippen molar-refractivity contribution >= 4 is 5.97 Å². The zero-order valence-corrected chi connectivity index (χ0v) is 7.90. The van der Waals surface area contributed by atoms with Gasteiger partial charge in [0, 0.05) is 6.42 Å². The summed E-state index contributed by atoms with van der Waals surface area (Å²) < 4.78 is 5.24. The molecular formula is C12H12O2. The van der Waals surface area contributed by atoms with Crippen molar-refractivity contribution in [3.8, 4) is 5.75 Å². The van der Waals surface area contributed by atoms with Crippen LogP contribution >= 0.6 is 0 Å². The largest absolute Gasteiger partial charge is 0.426 e. The van der Waals surface area contributed by atoms with Gasteiger partial charge in [0.05, 0.1) is 0 Å². The van der Waals surface area contributed by atoms with Crippen LogP contribution in [0.3, 0.4) is 0 Å². The van der Waals surface area contributed by atoms with Crippen LogP contribution in [0.4, 0.5) is 0 Å². The monoisotopic (exact) mass is 188 g/mol. The molecule has 0 fully saturated rings. The standard InChI is InChI=1S/C12H12O2/c13-12-9-3-1-2-6-10-7-4-5-8-11(10)14-12/h1-2,4-5,7-8H,3,6,9H2. The van der Waals surface area contributed by atoms with Crippen LogP contribution in [0.5, 0.6) is 5.75 Å². The topological polar surface area (TPSA) is 26.3 Å². The van der Waals surface area contributed by atoms with Gasteiger partial charge in [0.1, 0.15) is 5.75 Å². The normalized spacial score (nSPS) is 16.1. The highest BCUT2D eigenvalue weighted by molar-refractivity contribution is 5.73. The van der Waals surface area contributed by atoms with Crippen molar-refractivity contribution in [2.45, 2.75) is 19.3 Å². The third-order valence-electron chi connectivity index (χ3n) is 2.22. The summed E-state index contributed by atoms with van der Waals surface area (Å²) in [5, 5.41) is 0. The van der Waals surface area contributed by atoms with Crippen molar-refractivity contribution in [3.63, 3.8) is 0 Å². The zero-order valence-electron chi connectivity index (χ0n) is 7.90. The van der Waals surface area contributed by atoms with E-state index in [4.69, 9.17) is 4.74 Å². The van der Waals surface area contributed by atoms with E-state index in [9.17, 15) is 4.79 Å². The molecule has 0 bridgehead atoms. The average Bonchev–Trinajstić information content (AvgIpc) is 2.27. The van der Waals surface area contributed by atoms with Gasteiger partial charge in [0.15, 0.2) is 0 Å². The Kier molecular flexibility index (Phi) is 2.63. The number of hydrogen-bond acceptors (Lipinski definition) is 2. The lowest BCUT2D eigenvalue weighted by Crippen LogP contribution is -2.07. The van der Waals surface area contributed by atoms with Gasteiger partial charge in [-0.1, -0.05) is 30.4 Å². The molecule has 0 N–H and O–H groups in total. The van der Waals surface area contributed by atoms with Gasteiger partial charge in [0.25, 0.3) is 0 Å². The van der Waals surface area contributed by atoms with E-state index in [1.807, 2.05) is 30.3 Å². The van der Waals surface area contributed by atoms with Gasteiger partial charge < -0.3 is 4.74 Å². The van der Waals surface area contributed by atoms with Crippen LogP contribution in [0.25, 0.3) is 0 Å². The third-order valence-corrected chi connectivity index (χ3v) is 2.22. The second-order valence-corrected chi connectivity index (χ2v) is 3.30. The minimum atomic E-state index is -0.149. The summed E-state index contributed by atoms with van der Waals surface area (Å²) in [5.74, 6) is 0.549. The number of carbonyl (C=O) groups excluding carboxylic acids is 1. The van der Waals surface area contributed by atoms with Gasteiger partial charge in [-0.2, -0.15) is 0 Å². The summed E-state index contributed by atoms with van der Waals surface area (Å²) in [6.07, 6.45) is 6.19. The second kappa shape index (κ2) is 4.09. The number of allylic oxidation sites excluding steroid dienone is 2. The summed E-state index contributed by atoms with van der Waals surface area (Å²) in [7, 11) is 0. The molecule has 1 aliphatic heterocycles. The molecule has 72 valence electrons. The SMILES string of the molecule is O=C1CCC=CCc2ccccc2O1. The molecule has 2 heteroatoms. The number of para-hydroxylation sites is 1. The Labute approximate surface area is 83.2 Å². The fraction of sp³-hybridized carbons (Fsp3) is 0.250. The van der Waals surface area contributed by atoms with Crippen molar-refractivity contribution in [2.75, 3.05) is 0 Å². The smallest absolute Gasteiger partial charge is 0.311 e. The molecule has 0 saturated heterocycles. The van der Waals surface area contributed by atoms with Crippen LogP contribution in [-0.2, 0) is 11.2 Å². The zero-order chi connectivity index (χ0) is 9.80. The number of esters is 1. The maximum Gasteiger partial charge on any atom is 0.311 e. The Hall–Kier alpha value is -1.57. The van der Waals surface area contributed by atoms with Gasteiger partial charge in [-0.05, 0) is 24.5 Å². The summed E-state index contributed by atoms with van der Waals surface area (Å²) in [6, 6.07) is 7.66. The fourth-order valence-corrected chi connectivity index (χ4v) is 1.48. The lowest BCUT2D eigenvalue weighted by molar-refractivity contribution is -0.134. The number of benzene rings is 1. The molecule has 2 nitrogen and oxygen atoms in total. The molecule has 0 spiro atoms. The minimum Gasteiger partial charge on any atom is -0.426 e. The van der Waals surface area contributed by atoms with Gasteiger partial charge >= 0.3 is 5.97 Å². The van der Waals surface area contributed by atoms with Crippen LogP contribution in [0.15, 0.2) is 36.4 Å². The molecule has 1 aromatic rings. The first kappa shape index (κ1) is 9.00. The minimum absolute atomic E-state index is 0.149. The van der Waals surface area contributed by atoms with E-state index >= 15 is 0 Å². The van der Waals surface area contributed by atoms with E-state index in [1.165, 1.54) is 0 Å². The molecule has 1 aromatic carbocycles. The Balaban J connectivity index is 2.32. The average molecular weight is 188 g/mol. The summed E-state index contributed by atoms with van der Waals surface area (Å²) in [4.78, 5) is 11.3. The van der Waals surface area contributed by atoms with Crippen molar-refractivity contribution < 1.29 is 9.53 Å². The van der Waals surface area contributed by atoms with E-state index in [-0.39, 0.29) is 5.97 Å². The van der Waals surface area contributed by atoms with Crippen LogP contribution in [0, 0.1) is 0 Å². The summed E-state index contributed by atoms with van der Waals surface area (Å²) in [5.41, 5.74) is 1.07. The molecule has 2 rings (SSSR count). The number of fused-ring (bicyclic) bond motifs is 1. The number of carbonyl (C=O) groups is 1. The molecule has 14 heavy (non-hydrogen) atoms. The molecule has 0 radical (unpaired) electrons. The van der Waals surface area contributed by atoms with Gasteiger partial charge in [-0.25, -0.2) is 0 Å². The van der Waals surface area contributed by atoms with Crippen molar-refractivity contribution in [2.24, 2.45) is 0 Å². The van der Waals surface area contributed by atoms with E-state index < -0.39 is 0 Å². The first-order valence-corrected chi connectivity index (χ1v) is 4.80. The molecule has 1 aliphatic rings. The van der Waals surface area contributed by atoms with Gasteiger partial charge in [0.2, 0.25) is 0 Å². The molecule has 0 aliphatic carbocycles. The van der Waals surface area contributed by atoms with Crippen LogP contribution in [0.1, 0.15) is 18.4 Å². The Morgan fingerprint density at radius 2 is 2.00 bits per heavy atom. The first-order valence-electron chi connectivity index (χ1n) is 4.80. The molecule has 0 saturated carbocycles. The van der Waals surface area contributed by atoms with E-state index in [1.54, 1.807) is 0 Å². The predicted octanol–water partition coefficient (Wildman–Crippen LogP) is 2.48. The number of rotatable bonds is 0. The van der Waals surface area contributed by atoms with E-state index in [2.05, 4.69) is 6.08 Å². The van der Waals surface area contributed by atoms with Crippen molar-refractivity contribution in [1.29, 1.82) is 0 Å². The van der Waals surface area contributed by atoms with E-state index in [0.717, 1.165) is 18.4 Å². The highest BCUT2D eigenvalue weighted by atomic mass is 16.5. The third kappa shape index (κ3) is 2.02. The highest BCUT2D eigenvalue weighted by Crippen LogP contribution is 2.20.